The van der Waals surface area contributed by atoms with Crippen LogP contribution < -0.4 is 5.32 Å². The second-order valence-electron chi connectivity index (χ2n) is 4.50. The first-order valence-corrected chi connectivity index (χ1v) is 6.02. The third kappa shape index (κ3) is 2.85. The van der Waals surface area contributed by atoms with Crippen LogP contribution in [0.4, 0.5) is 0 Å². The van der Waals surface area contributed by atoms with Crippen molar-refractivity contribution >= 4 is 17.5 Å². The third-order valence-electron chi connectivity index (χ3n) is 3.16. The van der Waals surface area contributed by atoms with Crippen LogP contribution in [0.15, 0.2) is 0 Å². The van der Waals surface area contributed by atoms with Gasteiger partial charge in [0.1, 0.15) is 0 Å². The Labute approximate surface area is 96.5 Å². The van der Waals surface area contributed by atoms with Crippen molar-refractivity contribution in [2.45, 2.75) is 45.9 Å². The Morgan fingerprint density at radius 2 is 2.00 bits per heavy atom. The lowest BCUT2D eigenvalue weighted by Gasteiger charge is -2.20. The van der Waals surface area contributed by atoms with Crippen LogP contribution in [0.3, 0.4) is 0 Å². The van der Waals surface area contributed by atoms with Crippen LogP contribution in [0.5, 0.6) is 0 Å². The maximum absolute atomic E-state index is 11.9. The lowest BCUT2D eigenvalue weighted by molar-refractivity contribution is -0.127. The van der Waals surface area contributed by atoms with E-state index in [9.17, 15) is 4.79 Å². The molecule has 1 amide bonds. The van der Waals surface area contributed by atoms with Crippen LogP contribution in [0, 0.1) is 11.8 Å². The van der Waals surface area contributed by atoms with Gasteiger partial charge in [0.25, 0.3) is 0 Å². The lowest BCUT2D eigenvalue weighted by atomic mass is 9.88. The minimum absolute atomic E-state index is 0.00229. The smallest absolute Gasteiger partial charge is 0.226 e. The van der Waals surface area contributed by atoms with Gasteiger partial charge >= 0.3 is 0 Å². The fraction of sp³-hybridized carbons (Fsp3) is 0.909. The van der Waals surface area contributed by atoms with Crippen molar-refractivity contribution in [2.75, 3.05) is 5.88 Å². The van der Waals surface area contributed by atoms with Gasteiger partial charge in [-0.1, -0.05) is 6.92 Å². The van der Waals surface area contributed by atoms with E-state index in [1.165, 1.54) is 0 Å². The zero-order valence-corrected chi connectivity index (χ0v) is 10.5. The van der Waals surface area contributed by atoms with E-state index < -0.39 is 0 Å². The number of nitrogens with one attached hydrogen (secondary N) is 1. The standard InChI is InChI=1S/C11H20ClNO2/c1-6(5-12)13-11(14)10-7(2)8(3)15-9(10)4/h6-10H,5H2,1-4H3,(H,13,14). The number of alkyl halides is 1. The van der Waals surface area contributed by atoms with Gasteiger partial charge in [-0.3, -0.25) is 4.79 Å². The van der Waals surface area contributed by atoms with Gasteiger partial charge in [0.15, 0.2) is 0 Å². The second kappa shape index (κ2) is 5.17. The number of rotatable bonds is 3. The molecule has 1 rings (SSSR count). The number of ether oxygens (including phenoxy) is 1. The molecule has 0 radical (unpaired) electrons. The molecule has 0 bridgehead atoms. The summed E-state index contributed by atoms with van der Waals surface area (Å²) in [6.07, 6.45) is 0.152. The molecule has 1 heterocycles. The molecule has 0 saturated carbocycles. The van der Waals surface area contributed by atoms with E-state index >= 15 is 0 Å². The summed E-state index contributed by atoms with van der Waals surface area (Å²) in [4.78, 5) is 11.9. The van der Waals surface area contributed by atoms with Crippen LogP contribution in [-0.2, 0) is 9.53 Å². The van der Waals surface area contributed by atoms with Crippen molar-refractivity contribution < 1.29 is 9.53 Å². The number of hydrogen-bond acceptors (Lipinski definition) is 2. The molecular formula is C11H20ClNO2. The van der Waals surface area contributed by atoms with Crippen molar-refractivity contribution in [1.29, 1.82) is 0 Å². The predicted octanol–water partition coefficient (Wildman–Crippen LogP) is 1.79. The maximum Gasteiger partial charge on any atom is 0.226 e. The zero-order valence-electron chi connectivity index (χ0n) is 9.79. The highest BCUT2D eigenvalue weighted by Crippen LogP contribution is 2.32. The maximum atomic E-state index is 11.9. The molecule has 0 aromatic rings. The van der Waals surface area contributed by atoms with Crippen LogP contribution >= 0.6 is 11.6 Å². The molecule has 1 aliphatic rings. The third-order valence-corrected chi connectivity index (χ3v) is 3.63. The molecule has 1 saturated heterocycles. The highest BCUT2D eigenvalue weighted by Gasteiger charge is 2.41. The summed E-state index contributed by atoms with van der Waals surface area (Å²) in [5.41, 5.74) is 0. The molecule has 5 atom stereocenters. The molecule has 4 heteroatoms. The van der Waals surface area contributed by atoms with Gasteiger partial charge in [-0.25, -0.2) is 0 Å². The average molecular weight is 234 g/mol. The van der Waals surface area contributed by atoms with Crippen LogP contribution in [0.1, 0.15) is 27.7 Å². The summed E-state index contributed by atoms with van der Waals surface area (Å²) in [6, 6.07) is 0.0227. The molecule has 1 aliphatic heterocycles. The molecule has 0 aromatic carbocycles. The van der Waals surface area contributed by atoms with Crippen molar-refractivity contribution in [3.63, 3.8) is 0 Å². The Bertz CT molecular complexity index is 235. The number of carbonyl (C=O) groups excluding carboxylic acids is 1. The van der Waals surface area contributed by atoms with E-state index in [2.05, 4.69) is 12.2 Å². The summed E-state index contributed by atoms with van der Waals surface area (Å²) in [7, 11) is 0. The largest absolute Gasteiger partial charge is 0.374 e. The van der Waals surface area contributed by atoms with E-state index in [0.29, 0.717) is 5.88 Å². The molecule has 5 unspecified atom stereocenters. The Balaban J connectivity index is 2.59. The Hall–Kier alpha value is -0.280. The fourth-order valence-electron chi connectivity index (χ4n) is 2.10. The van der Waals surface area contributed by atoms with Gasteiger partial charge in [-0.2, -0.15) is 0 Å². The number of amides is 1. The van der Waals surface area contributed by atoms with Crippen LogP contribution in [0.2, 0.25) is 0 Å². The van der Waals surface area contributed by atoms with E-state index in [1.54, 1.807) is 0 Å². The number of hydrogen-bond donors (Lipinski definition) is 1. The SMILES string of the molecule is CC(CCl)NC(=O)C1C(C)OC(C)C1C. The van der Waals surface area contributed by atoms with Crippen molar-refractivity contribution in [1.82, 2.24) is 5.32 Å². The zero-order chi connectivity index (χ0) is 11.6. The van der Waals surface area contributed by atoms with E-state index in [-0.39, 0.29) is 36.0 Å². The van der Waals surface area contributed by atoms with Gasteiger partial charge in [-0.15, -0.1) is 11.6 Å². The van der Waals surface area contributed by atoms with Gasteiger partial charge in [0, 0.05) is 11.9 Å². The predicted molar refractivity (Wildman–Crippen MR) is 61.0 cm³/mol. The monoisotopic (exact) mass is 233 g/mol. The van der Waals surface area contributed by atoms with E-state index in [1.807, 2.05) is 20.8 Å². The molecule has 88 valence electrons. The minimum Gasteiger partial charge on any atom is -0.374 e. The summed E-state index contributed by atoms with van der Waals surface area (Å²) in [5, 5.41) is 2.90. The highest BCUT2D eigenvalue weighted by molar-refractivity contribution is 6.18. The number of halogens is 1. The normalized spacial score (nSPS) is 37.7. The molecular weight excluding hydrogens is 214 g/mol. The summed E-state index contributed by atoms with van der Waals surface area (Å²) in [5.74, 6) is 0.721. The minimum atomic E-state index is -0.0503. The quantitative estimate of drug-likeness (QED) is 0.755. The summed E-state index contributed by atoms with van der Waals surface area (Å²) in [6.45, 7) is 7.93. The molecule has 1 fully saturated rings. The van der Waals surface area contributed by atoms with Gasteiger partial charge in [0.2, 0.25) is 5.91 Å². The van der Waals surface area contributed by atoms with E-state index in [0.717, 1.165) is 0 Å². The van der Waals surface area contributed by atoms with Crippen molar-refractivity contribution in [2.24, 2.45) is 11.8 Å². The second-order valence-corrected chi connectivity index (χ2v) is 4.80. The molecule has 15 heavy (non-hydrogen) atoms. The molecule has 3 nitrogen and oxygen atoms in total. The lowest BCUT2D eigenvalue weighted by Crippen LogP contribution is -2.42. The first-order valence-electron chi connectivity index (χ1n) is 5.49. The first kappa shape index (κ1) is 12.8. The summed E-state index contributed by atoms with van der Waals surface area (Å²) >= 11 is 5.66. The summed E-state index contributed by atoms with van der Waals surface area (Å²) < 4.78 is 5.63. The van der Waals surface area contributed by atoms with Crippen LogP contribution in [0.25, 0.3) is 0 Å². The highest BCUT2D eigenvalue weighted by atomic mass is 35.5. The Kier molecular flexibility index (Phi) is 4.41. The van der Waals surface area contributed by atoms with Crippen molar-refractivity contribution in [3.05, 3.63) is 0 Å². The fourth-order valence-corrected chi connectivity index (χ4v) is 2.17. The molecule has 0 aliphatic carbocycles. The Morgan fingerprint density at radius 1 is 1.40 bits per heavy atom. The average Bonchev–Trinajstić information content (AvgIpc) is 2.41. The van der Waals surface area contributed by atoms with E-state index in [4.69, 9.17) is 16.3 Å². The Morgan fingerprint density at radius 3 is 2.40 bits per heavy atom. The van der Waals surface area contributed by atoms with Gasteiger partial charge in [0.05, 0.1) is 18.1 Å². The van der Waals surface area contributed by atoms with Gasteiger partial charge in [-0.05, 0) is 26.7 Å². The topological polar surface area (TPSA) is 38.3 Å². The molecule has 0 spiro atoms. The first-order chi connectivity index (χ1) is 6.97. The van der Waals surface area contributed by atoms with Crippen molar-refractivity contribution in [3.8, 4) is 0 Å². The van der Waals surface area contributed by atoms with Crippen LogP contribution in [-0.4, -0.2) is 30.0 Å². The number of carbonyl (C=O) groups is 1. The molecule has 0 aromatic heterocycles. The molecule has 1 N–H and O–H groups in total. The van der Waals surface area contributed by atoms with Gasteiger partial charge < -0.3 is 10.1 Å².